The first kappa shape index (κ1) is 12.2. The van der Waals surface area contributed by atoms with E-state index in [1.54, 1.807) is 0 Å². The average molecular weight is 208 g/mol. The molecule has 2 N–H and O–H groups in total. The Morgan fingerprint density at radius 1 is 1.15 bits per heavy atom. The summed E-state index contributed by atoms with van der Waals surface area (Å²) in [6, 6.07) is 0. The van der Waals surface area contributed by atoms with E-state index in [9.17, 15) is 9.59 Å². The van der Waals surface area contributed by atoms with Crippen molar-refractivity contribution in [3.63, 3.8) is 0 Å². The number of rotatable bonds is 7. The first-order chi connectivity index (χ1) is 6.13. The number of primary amides is 1. The zero-order chi connectivity index (χ0) is 10.1. The summed E-state index contributed by atoms with van der Waals surface area (Å²) in [5, 5.41) is -0.298. The molecule has 0 spiro atoms. The summed E-state index contributed by atoms with van der Waals surface area (Å²) in [7, 11) is 0. The van der Waals surface area contributed by atoms with Gasteiger partial charge in [0.05, 0.1) is 6.61 Å². The number of amides is 1. The molecule has 0 aliphatic heterocycles. The number of carbonyl (C=O) groups is 2. The van der Waals surface area contributed by atoms with Gasteiger partial charge in [0.25, 0.3) is 0 Å². The maximum Gasteiger partial charge on any atom is 0.404 e. The minimum Gasteiger partial charge on any atom is -0.450 e. The van der Waals surface area contributed by atoms with Gasteiger partial charge >= 0.3 is 6.09 Å². The highest BCUT2D eigenvalue weighted by molar-refractivity contribution is 6.63. The number of hydrogen-bond donors (Lipinski definition) is 1. The SMILES string of the molecule is NC(=O)OCCCCCCC(=O)Cl. The third-order valence-electron chi connectivity index (χ3n) is 1.51. The van der Waals surface area contributed by atoms with Gasteiger partial charge in [-0.25, -0.2) is 4.79 Å². The standard InChI is InChI=1S/C8H14ClNO3/c9-7(11)5-3-1-2-4-6-13-8(10)12/h1-6H2,(H2,10,12). The van der Waals surface area contributed by atoms with Gasteiger partial charge in [-0.15, -0.1) is 0 Å². The fourth-order valence-corrected chi connectivity index (χ4v) is 1.03. The molecular formula is C8H14ClNO3. The molecule has 4 nitrogen and oxygen atoms in total. The van der Waals surface area contributed by atoms with Crippen molar-refractivity contribution in [2.24, 2.45) is 5.73 Å². The Hall–Kier alpha value is -0.770. The largest absolute Gasteiger partial charge is 0.450 e. The van der Waals surface area contributed by atoms with Crippen LogP contribution in [0.25, 0.3) is 0 Å². The lowest BCUT2D eigenvalue weighted by Crippen LogP contribution is -2.13. The molecule has 0 fully saturated rings. The van der Waals surface area contributed by atoms with Crippen LogP contribution in [-0.2, 0) is 9.53 Å². The summed E-state index contributed by atoms with van der Waals surface area (Å²) in [5.74, 6) is 0. The molecule has 0 aromatic heterocycles. The van der Waals surface area contributed by atoms with Gasteiger partial charge < -0.3 is 10.5 Å². The first-order valence-electron chi connectivity index (χ1n) is 4.23. The van der Waals surface area contributed by atoms with Crippen LogP contribution in [0.15, 0.2) is 0 Å². The van der Waals surface area contributed by atoms with E-state index >= 15 is 0 Å². The van der Waals surface area contributed by atoms with Gasteiger partial charge in [0.1, 0.15) is 0 Å². The maximum absolute atomic E-state index is 10.3. The van der Waals surface area contributed by atoms with Crippen molar-refractivity contribution >= 4 is 22.9 Å². The third-order valence-corrected chi connectivity index (χ3v) is 1.70. The Morgan fingerprint density at radius 2 is 1.77 bits per heavy atom. The molecule has 0 atom stereocenters. The molecule has 1 amide bonds. The van der Waals surface area contributed by atoms with Crippen LogP contribution in [0.5, 0.6) is 0 Å². The third kappa shape index (κ3) is 11.2. The molecule has 0 saturated heterocycles. The molecule has 0 aliphatic carbocycles. The van der Waals surface area contributed by atoms with Crippen LogP contribution in [0.3, 0.4) is 0 Å². The minimum atomic E-state index is -0.740. The van der Waals surface area contributed by atoms with E-state index in [0.29, 0.717) is 13.0 Å². The van der Waals surface area contributed by atoms with Crippen LogP contribution in [0.4, 0.5) is 4.79 Å². The topological polar surface area (TPSA) is 69.4 Å². The second kappa shape index (κ2) is 7.86. The monoisotopic (exact) mass is 207 g/mol. The Balaban J connectivity index is 3.00. The molecule has 5 heteroatoms. The van der Waals surface area contributed by atoms with Gasteiger partial charge in [-0.2, -0.15) is 0 Å². The van der Waals surface area contributed by atoms with Gasteiger partial charge in [0.15, 0.2) is 0 Å². The van der Waals surface area contributed by atoms with Crippen LogP contribution in [0.1, 0.15) is 32.1 Å². The van der Waals surface area contributed by atoms with Gasteiger partial charge in [-0.1, -0.05) is 12.8 Å². The predicted molar refractivity (Wildman–Crippen MR) is 49.5 cm³/mol. The molecule has 0 aromatic rings. The number of carbonyl (C=O) groups excluding carboxylic acids is 2. The van der Waals surface area contributed by atoms with Crippen molar-refractivity contribution < 1.29 is 14.3 Å². The second-order valence-corrected chi connectivity index (χ2v) is 3.11. The van der Waals surface area contributed by atoms with E-state index in [0.717, 1.165) is 25.7 Å². The Bertz CT molecular complexity index is 155. The van der Waals surface area contributed by atoms with Gasteiger partial charge in [-0.3, -0.25) is 4.79 Å². The highest BCUT2D eigenvalue weighted by Gasteiger charge is 1.96. The zero-order valence-corrected chi connectivity index (χ0v) is 8.18. The molecule has 13 heavy (non-hydrogen) atoms. The summed E-state index contributed by atoms with van der Waals surface area (Å²) in [6.45, 7) is 0.351. The lowest BCUT2D eigenvalue weighted by atomic mass is 10.2. The summed E-state index contributed by atoms with van der Waals surface area (Å²) in [6.07, 6.45) is 3.07. The molecule has 76 valence electrons. The molecule has 0 bridgehead atoms. The normalized spacial score (nSPS) is 9.62. The van der Waals surface area contributed by atoms with Crippen molar-refractivity contribution in [3.8, 4) is 0 Å². The fourth-order valence-electron chi connectivity index (χ4n) is 0.892. The van der Waals surface area contributed by atoms with Gasteiger partial charge in [0.2, 0.25) is 5.24 Å². The Morgan fingerprint density at radius 3 is 2.31 bits per heavy atom. The van der Waals surface area contributed by atoms with Crippen LogP contribution < -0.4 is 5.73 Å². The predicted octanol–water partition coefficient (Wildman–Crippen LogP) is 1.80. The smallest absolute Gasteiger partial charge is 0.404 e. The van der Waals surface area contributed by atoms with Crippen LogP contribution >= 0.6 is 11.6 Å². The molecule has 0 heterocycles. The molecule has 0 saturated carbocycles. The molecule has 0 rings (SSSR count). The van der Waals surface area contributed by atoms with Crippen molar-refractivity contribution in [2.75, 3.05) is 6.61 Å². The first-order valence-corrected chi connectivity index (χ1v) is 4.61. The van der Waals surface area contributed by atoms with Crippen LogP contribution in [0.2, 0.25) is 0 Å². The van der Waals surface area contributed by atoms with Crippen LogP contribution in [0, 0.1) is 0 Å². The van der Waals surface area contributed by atoms with Crippen molar-refractivity contribution in [1.29, 1.82) is 0 Å². The minimum absolute atomic E-state index is 0.298. The van der Waals surface area contributed by atoms with E-state index in [-0.39, 0.29) is 5.24 Å². The van der Waals surface area contributed by atoms with Crippen molar-refractivity contribution in [3.05, 3.63) is 0 Å². The molecule has 0 aliphatic rings. The van der Waals surface area contributed by atoms with E-state index < -0.39 is 6.09 Å². The lowest BCUT2D eigenvalue weighted by Gasteiger charge is -2.00. The van der Waals surface area contributed by atoms with Crippen molar-refractivity contribution in [2.45, 2.75) is 32.1 Å². The van der Waals surface area contributed by atoms with E-state index in [1.165, 1.54) is 0 Å². The van der Waals surface area contributed by atoms with Gasteiger partial charge in [-0.05, 0) is 24.4 Å². The highest BCUT2D eigenvalue weighted by atomic mass is 35.5. The summed E-state index contributed by atoms with van der Waals surface area (Å²) < 4.78 is 4.52. The van der Waals surface area contributed by atoms with E-state index in [4.69, 9.17) is 17.3 Å². The molecule has 0 aromatic carbocycles. The van der Waals surface area contributed by atoms with E-state index in [2.05, 4.69) is 4.74 Å². The summed E-state index contributed by atoms with van der Waals surface area (Å²) in [5.41, 5.74) is 4.75. The lowest BCUT2D eigenvalue weighted by molar-refractivity contribution is -0.111. The van der Waals surface area contributed by atoms with E-state index in [1.807, 2.05) is 0 Å². The highest BCUT2D eigenvalue weighted by Crippen LogP contribution is 2.04. The number of unbranched alkanes of at least 4 members (excludes halogenated alkanes) is 3. The number of nitrogens with two attached hydrogens (primary N) is 1. The second-order valence-electron chi connectivity index (χ2n) is 2.69. The Labute approximate surface area is 82.4 Å². The molecular weight excluding hydrogens is 194 g/mol. The van der Waals surface area contributed by atoms with Crippen molar-refractivity contribution in [1.82, 2.24) is 0 Å². The molecule has 0 radical (unpaired) electrons. The fraction of sp³-hybridized carbons (Fsp3) is 0.750. The molecule has 0 unspecified atom stereocenters. The maximum atomic E-state index is 10.3. The number of hydrogen-bond acceptors (Lipinski definition) is 3. The van der Waals surface area contributed by atoms with Crippen LogP contribution in [-0.4, -0.2) is 17.9 Å². The quantitative estimate of drug-likeness (QED) is 0.511. The summed E-state index contributed by atoms with van der Waals surface area (Å²) >= 11 is 5.13. The summed E-state index contributed by atoms with van der Waals surface area (Å²) in [4.78, 5) is 20.4. The zero-order valence-electron chi connectivity index (χ0n) is 7.42. The number of halogens is 1. The Kier molecular flexibility index (Phi) is 7.39. The van der Waals surface area contributed by atoms with Gasteiger partial charge in [0, 0.05) is 6.42 Å². The number of ether oxygens (including phenoxy) is 1. The average Bonchev–Trinajstić information content (AvgIpc) is 2.01.